The summed E-state index contributed by atoms with van der Waals surface area (Å²) in [5.74, 6) is -0.124. The van der Waals surface area contributed by atoms with Crippen LogP contribution >= 0.6 is 27.3 Å². The quantitative estimate of drug-likeness (QED) is 0.559. The first kappa shape index (κ1) is 17.8. The number of halogens is 1. The summed E-state index contributed by atoms with van der Waals surface area (Å²) in [4.78, 5) is 16.6. The Morgan fingerprint density at radius 1 is 1.28 bits per heavy atom. The van der Waals surface area contributed by atoms with E-state index in [2.05, 4.69) is 41.8 Å². The topological polar surface area (TPSA) is 70.7 Å². The van der Waals surface area contributed by atoms with Gasteiger partial charge in [0.05, 0.1) is 10.7 Å². The normalized spacial score (nSPS) is 10.8. The predicted octanol–water partition coefficient (Wildman–Crippen LogP) is 4.36. The van der Waals surface area contributed by atoms with Crippen molar-refractivity contribution in [3.8, 4) is 11.3 Å². The van der Waals surface area contributed by atoms with Gasteiger partial charge in [-0.2, -0.15) is 5.10 Å². The zero-order valence-electron chi connectivity index (χ0n) is 13.9. The minimum absolute atomic E-state index is 0.124. The summed E-state index contributed by atoms with van der Waals surface area (Å²) in [6.07, 6.45) is 2.91. The third-order valence-electron chi connectivity index (χ3n) is 3.73. The van der Waals surface area contributed by atoms with Crippen LogP contribution in [0.4, 0.5) is 0 Å². The molecule has 0 saturated carbocycles. The van der Waals surface area contributed by atoms with Gasteiger partial charge >= 0.3 is 0 Å². The van der Waals surface area contributed by atoms with Crippen molar-refractivity contribution in [2.24, 2.45) is 0 Å². The van der Waals surface area contributed by atoms with Gasteiger partial charge in [0.1, 0.15) is 5.69 Å². The molecular weight excluding hydrogens is 400 g/mol. The molecule has 3 aromatic rings. The molecule has 7 heteroatoms. The number of rotatable bonds is 7. The van der Waals surface area contributed by atoms with Crippen LogP contribution in [0.2, 0.25) is 0 Å². The Hall–Kier alpha value is -1.99. The maximum absolute atomic E-state index is 12.2. The molecule has 0 unspecified atom stereocenters. The second kappa shape index (κ2) is 8.40. The predicted molar refractivity (Wildman–Crippen MR) is 104 cm³/mol. The number of aromatic amines is 1. The molecule has 0 aliphatic heterocycles. The zero-order chi connectivity index (χ0) is 17.6. The van der Waals surface area contributed by atoms with Crippen LogP contribution in [0.15, 0.2) is 40.2 Å². The molecule has 0 aliphatic carbocycles. The second-order valence-corrected chi connectivity index (χ2v) is 7.63. The fourth-order valence-corrected chi connectivity index (χ4v) is 3.50. The summed E-state index contributed by atoms with van der Waals surface area (Å²) in [6.45, 7) is 2.66. The number of aromatic nitrogens is 3. The largest absolute Gasteiger partial charge is 0.351 e. The number of aryl methyl sites for hydroxylation is 2. The number of amides is 1. The molecule has 0 spiro atoms. The van der Waals surface area contributed by atoms with Crippen molar-refractivity contribution in [1.29, 1.82) is 0 Å². The van der Waals surface area contributed by atoms with Crippen molar-refractivity contribution in [1.82, 2.24) is 20.5 Å². The van der Waals surface area contributed by atoms with Gasteiger partial charge < -0.3 is 5.32 Å². The number of unbranched alkanes of at least 4 members (excludes halogenated alkanes) is 1. The molecule has 0 atom stereocenters. The van der Waals surface area contributed by atoms with Crippen molar-refractivity contribution in [3.05, 3.63) is 56.6 Å². The van der Waals surface area contributed by atoms with E-state index < -0.39 is 0 Å². The van der Waals surface area contributed by atoms with Gasteiger partial charge in [-0.25, -0.2) is 4.98 Å². The fraction of sp³-hybridized carbons (Fsp3) is 0.278. The number of H-pyrrole nitrogens is 1. The van der Waals surface area contributed by atoms with Crippen molar-refractivity contribution >= 4 is 33.2 Å². The molecule has 0 saturated heterocycles. The van der Waals surface area contributed by atoms with Crippen molar-refractivity contribution < 1.29 is 4.79 Å². The van der Waals surface area contributed by atoms with Crippen molar-refractivity contribution in [3.63, 3.8) is 0 Å². The number of nitrogens with zero attached hydrogens (tertiary/aromatic N) is 2. The average molecular weight is 419 g/mol. The van der Waals surface area contributed by atoms with Crippen LogP contribution < -0.4 is 5.32 Å². The lowest BCUT2D eigenvalue weighted by Crippen LogP contribution is -2.24. The van der Waals surface area contributed by atoms with Crippen LogP contribution in [0.25, 0.3) is 11.3 Å². The van der Waals surface area contributed by atoms with Gasteiger partial charge in [0, 0.05) is 27.7 Å². The SMILES string of the molecule is Cc1csc(CCCCNC(=O)c2cc(-c3ccc(Br)cc3)n[nH]2)n1. The Balaban J connectivity index is 1.44. The minimum Gasteiger partial charge on any atom is -0.351 e. The van der Waals surface area contributed by atoms with E-state index >= 15 is 0 Å². The van der Waals surface area contributed by atoms with Crippen LogP contribution in [0.3, 0.4) is 0 Å². The molecule has 0 radical (unpaired) electrons. The molecule has 130 valence electrons. The van der Waals surface area contributed by atoms with Gasteiger partial charge in [0.25, 0.3) is 5.91 Å². The number of thiazole rings is 1. The van der Waals surface area contributed by atoms with Gasteiger partial charge in [-0.3, -0.25) is 9.89 Å². The average Bonchev–Trinajstić information content (AvgIpc) is 3.24. The van der Waals surface area contributed by atoms with Crippen LogP contribution in [-0.4, -0.2) is 27.6 Å². The van der Waals surface area contributed by atoms with Crippen LogP contribution in [0, 0.1) is 6.92 Å². The van der Waals surface area contributed by atoms with Crippen LogP contribution in [-0.2, 0) is 6.42 Å². The molecule has 2 heterocycles. The van der Waals surface area contributed by atoms with Crippen molar-refractivity contribution in [2.75, 3.05) is 6.54 Å². The van der Waals surface area contributed by atoms with Gasteiger partial charge in [-0.1, -0.05) is 28.1 Å². The van der Waals surface area contributed by atoms with E-state index in [1.807, 2.05) is 31.2 Å². The van der Waals surface area contributed by atoms with E-state index in [4.69, 9.17) is 0 Å². The first-order chi connectivity index (χ1) is 12.1. The molecule has 2 N–H and O–H groups in total. The summed E-state index contributed by atoms with van der Waals surface area (Å²) < 4.78 is 1.01. The summed E-state index contributed by atoms with van der Waals surface area (Å²) in [5, 5.41) is 13.2. The minimum atomic E-state index is -0.124. The Kier molecular flexibility index (Phi) is 5.99. The van der Waals surface area contributed by atoms with Crippen LogP contribution in [0.5, 0.6) is 0 Å². The number of hydrogen-bond acceptors (Lipinski definition) is 4. The van der Waals surface area contributed by atoms with Crippen molar-refractivity contribution in [2.45, 2.75) is 26.2 Å². The number of carbonyl (C=O) groups excluding carboxylic acids is 1. The lowest BCUT2D eigenvalue weighted by molar-refractivity contribution is 0.0948. The lowest BCUT2D eigenvalue weighted by Gasteiger charge is -2.02. The molecular formula is C18H19BrN4OS. The molecule has 1 aromatic carbocycles. The maximum atomic E-state index is 12.2. The smallest absolute Gasteiger partial charge is 0.269 e. The Morgan fingerprint density at radius 2 is 2.08 bits per heavy atom. The van der Waals surface area contributed by atoms with Gasteiger partial charge in [-0.05, 0) is 44.4 Å². The van der Waals surface area contributed by atoms with Crippen LogP contribution in [0.1, 0.15) is 34.0 Å². The Labute approximate surface area is 159 Å². The maximum Gasteiger partial charge on any atom is 0.269 e. The molecule has 0 fully saturated rings. The van der Waals surface area contributed by atoms with E-state index in [1.165, 1.54) is 0 Å². The van der Waals surface area contributed by atoms with Gasteiger partial charge in [0.15, 0.2) is 0 Å². The molecule has 25 heavy (non-hydrogen) atoms. The van der Waals surface area contributed by atoms with Gasteiger partial charge in [-0.15, -0.1) is 11.3 Å². The number of carbonyl (C=O) groups is 1. The lowest BCUT2D eigenvalue weighted by atomic mass is 10.1. The van der Waals surface area contributed by atoms with E-state index in [9.17, 15) is 4.79 Å². The third-order valence-corrected chi connectivity index (χ3v) is 5.29. The highest BCUT2D eigenvalue weighted by Gasteiger charge is 2.10. The third kappa shape index (κ3) is 4.99. The number of nitrogens with one attached hydrogen (secondary N) is 2. The number of hydrogen-bond donors (Lipinski definition) is 2. The first-order valence-electron chi connectivity index (χ1n) is 8.12. The van der Waals surface area contributed by atoms with Gasteiger partial charge in [0.2, 0.25) is 0 Å². The highest BCUT2D eigenvalue weighted by atomic mass is 79.9. The first-order valence-corrected chi connectivity index (χ1v) is 9.79. The summed E-state index contributed by atoms with van der Waals surface area (Å²) in [5.41, 5.74) is 3.29. The summed E-state index contributed by atoms with van der Waals surface area (Å²) in [7, 11) is 0. The highest BCUT2D eigenvalue weighted by molar-refractivity contribution is 9.10. The highest BCUT2D eigenvalue weighted by Crippen LogP contribution is 2.20. The van der Waals surface area contributed by atoms with E-state index in [1.54, 1.807) is 17.4 Å². The standard InChI is InChI=1S/C18H19BrN4OS/c1-12-11-25-17(21-12)4-2-3-9-20-18(24)16-10-15(22-23-16)13-5-7-14(19)8-6-13/h5-8,10-11H,2-4,9H2,1H3,(H,20,24)(H,22,23). The fourth-order valence-electron chi connectivity index (χ4n) is 2.42. The van der Waals surface area contributed by atoms with E-state index in [0.29, 0.717) is 12.2 Å². The Bertz CT molecular complexity index is 841. The molecule has 2 aromatic heterocycles. The molecule has 5 nitrogen and oxygen atoms in total. The molecule has 0 aliphatic rings. The number of benzene rings is 1. The van der Waals surface area contributed by atoms with E-state index in [0.717, 1.165) is 45.7 Å². The molecule has 1 amide bonds. The van der Waals surface area contributed by atoms with E-state index in [-0.39, 0.29) is 5.91 Å². The monoisotopic (exact) mass is 418 g/mol. The summed E-state index contributed by atoms with van der Waals surface area (Å²) >= 11 is 5.11. The Morgan fingerprint density at radius 3 is 2.80 bits per heavy atom. The zero-order valence-corrected chi connectivity index (χ0v) is 16.3. The molecule has 0 bridgehead atoms. The molecule has 3 rings (SSSR count). The second-order valence-electron chi connectivity index (χ2n) is 5.77. The summed E-state index contributed by atoms with van der Waals surface area (Å²) in [6, 6.07) is 9.60.